The maximum absolute atomic E-state index is 12.2. The molecule has 0 radical (unpaired) electrons. The van der Waals surface area contributed by atoms with Gasteiger partial charge in [0.1, 0.15) is 10.9 Å². The van der Waals surface area contributed by atoms with Gasteiger partial charge in [-0.2, -0.15) is 0 Å². The minimum atomic E-state index is -3.98. The topological polar surface area (TPSA) is 153 Å². The summed E-state index contributed by atoms with van der Waals surface area (Å²) in [7, 11) is -3.98. The number of primary sulfonamides is 1. The highest BCUT2D eigenvalue weighted by molar-refractivity contribution is 7.89. The molecular formula is C27H34N8O4S. The Kier molecular flexibility index (Phi) is 6.11. The van der Waals surface area contributed by atoms with Gasteiger partial charge in [0.25, 0.3) is 0 Å². The normalized spacial score (nSPS) is 24.2. The van der Waals surface area contributed by atoms with Crippen LogP contribution in [0.2, 0.25) is 0 Å². The third-order valence-corrected chi connectivity index (χ3v) is 10.3. The molecule has 13 heteroatoms. The van der Waals surface area contributed by atoms with Gasteiger partial charge >= 0.3 is 0 Å². The van der Waals surface area contributed by atoms with Crippen LogP contribution in [0.25, 0.3) is 17.1 Å². The summed E-state index contributed by atoms with van der Waals surface area (Å²) in [4.78, 5) is 14.1. The minimum Gasteiger partial charge on any atom is -0.395 e. The molecule has 3 unspecified atom stereocenters. The molecule has 0 amide bonds. The first kappa shape index (κ1) is 25.8. The average molecular weight is 567 g/mol. The Hall–Kier alpha value is -3.13. The molecule has 3 saturated heterocycles. The Balaban J connectivity index is 1.24. The maximum Gasteiger partial charge on any atom is 0.226 e. The molecule has 40 heavy (non-hydrogen) atoms. The van der Waals surface area contributed by atoms with Crippen molar-refractivity contribution in [3.63, 3.8) is 0 Å². The van der Waals surface area contributed by atoms with Crippen molar-refractivity contribution in [3.8, 4) is 17.1 Å². The van der Waals surface area contributed by atoms with E-state index in [1.165, 1.54) is 12.8 Å². The van der Waals surface area contributed by atoms with Gasteiger partial charge in [-0.15, -0.1) is 5.10 Å². The maximum atomic E-state index is 12.2. The van der Waals surface area contributed by atoms with E-state index < -0.39 is 21.9 Å². The molecule has 3 aliphatic heterocycles. The van der Waals surface area contributed by atoms with Crippen LogP contribution in [0.3, 0.4) is 0 Å². The molecule has 3 atom stereocenters. The zero-order valence-electron chi connectivity index (χ0n) is 22.5. The SMILES string of the molecule is Cc1cc(-c2cn(-c3ccc(C(CO)S(N)(=O)=O)cc3N3CCC4(CC3)CC4)nn2)nc(N2C3COCC2C3)n1. The molecule has 4 fully saturated rings. The van der Waals surface area contributed by atoms with Gasteiger partial charge in [0, 0.05) is 18.8 Å². The van der Waals surface area contributed by atoms with Gasteiger partial charge in [-0.3, -0.25) is 0 Å². The molecule has 3 N–H and O–H groups in total. The second-order valence-corrected chi connectivity index (χ2v) is 13.5. The zero-order valence-corrected chi connectivity index (χ0v) is 23.3. The molecular weight excluding hydrogens is 532 g/mol. The van der Waals surface area contributed by atoms with Crippen LogP contribution in [0.4, 0.5) is 11.6 Å². The summed E-state index contributed by atoms with van der Waals surface area (Å²) in [5, 5.41) is 23.0. The smallest absolute Gasteiger partial charge is 0.226 e. The third-order valence-electron chi connectivity index (χ3n) is 9.08. The van der Waals surface area contributed by atoms with Crippen LogP contribution in [0.1, 0.15) is 48.6 Å². The van der Waals surface area contributed by atoms with Crippen LogP contribution in [-0.4, -0.2) is 83.5 Å². The van der Waals surface area contributed by atoms with Crippen molar-refractivity contribution in [3.05, 3.63) is 41.7 Å². The lowest BCUT2D eigenvalue weighted by Gasteiger charge is -2.52. The molecule has 5 heterocycles. The van der Waals surface area contributed by atoms with E-state index in [1.54, 1.807) is 10.7 Å². The number of nitrogens with zero attached hydrogens (tertiary/aromatic N) is 7. The highest BCUT2D eigenvalue weighted by atomic mass is 32.2. The van der Waals surface area contributed by atoms with E-state index >= 15 is 0 Å². The van der Waals surface area contributed by atoms with Crippen molar-refractivity contribution in [2.75, 3.05) is 42.7 Å². The third kappa shape index (κ3) is 4.54. The largest absolute Gasteiger partial charge is 0.395 e. The van der Waals surface area contributed by atoms with Crippen LogP contribution >= 0.6 is 0 Å². The number of anilines is 2. The van der Waals surface area contributed by atoms with Gasteiger partial charge in [0.15, 0.2) is 0 Å². The van der Waals surface area contributed by atoms with Crippen LogP contribution in [0.5, 0.6) is 0 Å². The molecule has 12 nitrogen and oxygen atoms in total. The van der Waals surface area contributed by atoms with Gasteiger partial charge in [0.2, 0.25) is 16.0 Å². The number of piperidine rings is 1. The van der Waals surface area contributed by atoms with E-state index in [4.69, 9.17) is 19.8 Å². The van der Waals surface area contributed by atoms with Crippen molar-refractivity contribution in [2.45, 2.75) is 56.4 Å². The van der Waals surface area contributed by atoms with Crippen LogP contribution in [0.15, 0.2) is 30.5 Å². The van der Waals surface area contributed by atoms with E-state index in [0.29, 0.717) is 53.6 Å². The van der Waals surface area contributed by atoms with Gasteiger partial charge in [0.05, 0.1) is 55.2 Å². The van der Waals surface area contributed by atoms with Crippen LogP contribution in [0, 0.1) is 12.3 Å². The number of hydrogen-bond donors (Lipinski definition) is 2. The fourth-order valence-corrected chi connectivity index (χ4v) is 7.18. The molecule has 1 aromatic carbocycles. The molecule has 3 aromatic rings. The quantitative estimate of drug-likeness (QED) is 0.432. The molecule has 212 valence electrons. The number of aliphatic hydroxyl groups is 1. The molecule has 1 spiro atoms. The molecule has 4 aliphatic rings. The van der Waals surface area contributed by atoms with Crippen LogP contribution < -0.4 is 14.9 Å². The summed E-state index contributed by atoms with van der Waals surface area (Å²) in [6, 6.07) is 7.87. The van der Waals surface area contributed by atoms with Crippen molar-refractivity contribution in [1.82, 2.24) is 25.0 Å². The van der Waals surface area contributed by atoms with Gasteiger partial charge in [-0.1, -0.05) is 11.3 Å². The summed E-state index contributed by atoms with van der Waals surface area (Å²) in [6.45, 7) is 4.49. The molecule has 1 saturated carbocycles. The van der Waals surface area contributed by atoms with Crippen molar-refractivity contribution in [2.24, 2.45) is 10.6 Å². The number of ether oxygens (including phenoxy) is 1. The lowest BCUT2D eigenvalue weighted by Crippen LogP contribution is -2.64. The Bertz CT molecular complexity index is 1530. The number of benzene rings is 1. The summed E-state index contributed by atoms with van der Waals surface area (Å²) < 4.78 is 31.7. The summed E-state index contributed by atoms with van der Waals surface area (Å²) >= 11 is 0. The first-order chi connectivity index (χ1) is 19.2. The number of sulfonamides is 1. The highest BCUT2D eigenvalue weighted by Gasteiger charge is 2.45. The van der Waals surface area contributed by atoms with Gasteiger partial charge in [-0.05, 0) is 68.2 Å². The summed E-state index contributed by atoms with van der Waals surface area (Å²) in [5.41, 5.74) is 4.73. The number of morpholine rings is 1. The van der Waals surface area contributed by atoms with Crippen molar-refractivity contribution >= 4 is 21.7 Å². The number of fused-ring (bicyclic) bond motifs is 2. The Morgan fingerprint density at radius 2 is 1.82 bits per heavy atom. The van der Waals surface area contributed by atoms with E-state index in [1.807, 2.05) is 31.3 Å². The Morgan fingerprint density at radius 3 is 2.48 bits per heavy atom. The Labute approximate surface area is 233 Å². The number of aryl methyl sites for hydroxylation is 1. The standard InChI is InChI=1S/C27H34N8O4S/c1-17-10-21(30-26(29-17)35-19-12-20(35)16-39-15-19)22-13-34(32-31-22)23-3-2-18(25(14-36)40(28,37)38)11-24(23)33-8-6-27(4-5-27)7-9-33/h2-3,10-11,13,19-20,25,36H,4-9,12,14-16H2,1H3,(H2,28,37,38). The van der Waals surface area contributed by atoms with Crippen molar-refractivity contribution in [1.29, 1.82) is 0 Å². The monoisotopic (exact) mass is 566 g/mol. The van der Waals surface area contributed by atoms with Gasteiger partial charge in [-0.25, -0.2) is 28.2 Å². The lowest BCUT2D eigenvalue weighted by molar-refractivity contribution is 0.00905. The highest BCUT2D eigenvalue weighted by Crippen LogP contribution is 2.54. The fraction of sp³-hybridized carbons (Fsp3) is 0.556. The summed E-state index contributed by atoms with van der Waals surface area (Å²) in [6.07, 6.45) is 7.71. The van der Waals surface area contributed by atoms with E-state index in [9.17, 15) is 13.5 Å². The molecule has 1 aliphatic carbocycles. The summed E-state index contributed by atoms with van der Waals surface area (Å²) in [5.74, 6) is 0.694. The number of hydrogen-bond acceptors (Lipinski definition) is 10. The second kappa shape index (κ2) is 9.47. The zero-order chi connectivity index (χ0) is 27.6. The second-order valence-electron chi connectivity index (χ2n) is 11.7. The number of nitrogens with two attached hydrogens (primary N) is 1. The lowest BCUT2D eigenvalue weighted by atomic mass is 9.92. The van der Waals surface area contributed by atoms with E-state index in [0.717, 1.165) is 49.4 Å². The Morgan fingerprint density at radius 1 is 1.07 bits per heavy atom. The first-order valence-corrected chi connectivity index (χ1v) is 15.5. The molecule has 7 rings (SSSR count). The van der Waals surface area contributed by atoms with E-state index in [-0.39, 0.29) is 0 Å². The predicted octanol–water partition coefficient (Wildman–Crippen LogP) is 1.71. The van der Waals surface area contributed by atoms with Crippen LogP contribution in [-0.2, 0) is 14.8 Å². The average Bonchev–Trinajstić information content (AvgIpc) is 3.49. The van der Waals surface area contributed by atoms with Crippen molar-refractivity contribution < 1.29 is 18.3 Å². The first-order valence-electron chi connectivity index (χ1n) is 13.9. The predicted molar refractivity (Wildman–Crippen MR) is 149 cm³/mol. The fourth-order valence-electron chi connectivity index (χ4n) is 6.45. The minimum absolute atomic E-state index is 0.310. The number of aromatic nitrogens is 5. The number of rotatable bonds is 7. The van der Waals surface area contributed by atoms with E-state index in [2.05, 4.69) is 20.1 Å². The molecule has 2 aromatic heterocycles. The number of aliphatic hydroxyl groups excluding tert-OH is 1. The van der Waals surface area contributed by atoms with Gasteiger partial charge < -0.3 is 19.6 Å². The molecule has 2 bridgehead atoms.